The molecular formula is C46H43Cl2N3O4. The molecule has 0 amide bonds. The number of nitrogens with one attached hydrogen (secondary N) is 1. The van der Waals surface area contributed by atoms with Gasteiger partial charge in [0.15, 0.2) is 11.6 Å². The normalized spacial score (nSPS) is 12.1. The lowest BCUT2D eigenvalue weighted by Gasteiger charge is -2.10. The lowest BCUT2D eigenvalue weighted by atomic mass is 10.0. The van der Waals surface area contributed by atoms with E-state index in [9.17, 15) is 0 Å². The molecule has 9 heteroatoms. The van der Waals surface area contributed by atoms with Crippen LogP contribution in [0.25, 0.3) is 28.0 Å². The predicted octanol–water partition coefficient (Wildman–Crippen LogP) is 11.9. The zero-order valence-corrected chi connectivity index (χ0v) is 33.1. The van der Waals surface area contributed by atoms with Crippen LogP contribution in [0.2, 0.25) is 10.0 Å². The van der Waals surface area contributed by atoms with Crippen LogP contribution in [-0.4, -0.2) is 43.5 Å². The molecule has 0 fully saturated rings. The zero-order chi connectivity index (χ0) is 39.7. The number of hydrogen-bond donors (Lipinski definition) is 1. The van der Waals surface area contributed by atoms with E-state index in [4.69, 9.17) is 65.0 Å². The minimum Gasteiger partial charge on any atom is -0.497 e. The van der Waals surface area contributed by atoms with Gasteiger partial charge in [0.2, 0.25) is 0 Å². The van der Waals surface area contributed by atoms with Crippen LogP contribution in [0, 0.1) is 24.7 Å². The van der Waals surface area contributed by atoms with Crippen molar-refractivity contribution >= 4 is 46.1 Å². The van der Waals surface area contributed by atoms with Gasteiger partial charge in [-0.25, -0.2) is 9.98 Å². The van der Waals surface area contributed by atoms with Crippen LogP contribution in [0.4, 0.5) is 5.82 Å². The number of rotatable bonds is 13. The van der Waals surface area contributed by atoms with Gasteiger partial charge in [0.1, 0.15) is 42.9 Å². The van der Waals surface area contributed by atoms with Gasteiger partial charge in [0.05, 0.1) is 22.9 Å². The van der Waals surface area contributed by atoms with Crippen molar-refractivity contribution in [3.63, 3.8) is 0 Å². The minimum absolute atomic E-state index is 0.168. The molecule has 0 unspecified atom stereocenters. The highest BCUT2D eigenvalue weighted by molar-refractivity contribution is 6.38. The van der Waals surface area contributed by atoms with Crippen LogP contribution in [0.5, 0.6) is 23.0 Å². The molecule has 1 aliphatic rings. The Morgan fingerprint density at radius 2 is 1.25 bits per heavy atom. The number of benzene rings is 4. The molecule has 280 valence electrons. The van der Waals surface area contributed by atoms with Gasteiger partial charge >= 0.3 is 0 Å². The minimum atomic E-state index is 0.168. The van der Waals surface area contributed by atoms with Gasteiger partial charge in [0, 0.05) is 28.0 Å². The molecule has 0 radical (unpaired) electrons. The van der Waals surface area contributed by atoms with Crippen molar-refractivity contribution in [2.24, 2.45) is 9.98 Å². The van der Waals surface area contributed by atoms with Crippen molar-refractivity contribution in [3.8, 4) is 70.1 Å². The van der Waals surface area contributed by atoms with E-state index in [0.29, 0.717) is 38.9 Å². The standard InChI is InChI=1S/C42H31Cl2N3O4.2C2H6/c1-5-20-49-32-16-8-27(9-17-32)34-25-38(29-12-14-31(48-4)15-13-29)45-41(34)47-42-35(28-10-18-33(19-11-28)50-21-6-2)26-39(46-42)30-23-36(43)40(37(44)24-30)51-22-7-3;2*1-2/h1-2,7-19,23-26,46H,3,20-22H2,4H3;2*1-2H3/b47-41-;;. The number of terminal acetylenes is 2. The molecule has 6 rings (SSSR count). The largest absolute Gasteiger partial charge is 0.497 e. The van der Waals surface area contributed by atoms with Crippen molar-refractivity contribution < 1.29 is 18.9 Å². The highest BCUT2D eigenvalue weighted by Gasteiger charge is 2.22. The lowest BCUT2D eigenvalue weighted by molar-refractivity contribution is 0.363. The monoisotopic (exact) mass is 771 g/mol. The number of amidine groups is 1. The zero-order valence-electron chi connectivity index (χ0n) is 31.6. The third kappa shape index (κ3) is 10.5. The maximum Gasteiger partial charge on any atom is 0.162 e. The van der Waals surface area contributed by atoms with Gasteiger partial charge < -0.3 is 23.9 Å². The van der Waals surface area contributed by atoms with Crippen molar-refractivity contribution in [1.29, 1.82) is 0 Å². The van der Waals surface area contributed by atoms with Crippen LogP contribution in [0.15, 0.2) is 120 Å². The number of allylic oxidation sites excluding steroid dienone is 1. The summed E-state index contributed by atoms with van der Waals surface area (Å²) in [6.07, 6.45) is 14.4. The Hall–Kier alpha value is -6.12. The first kappa shape index (κ1) is 41.6. The average molecular weight is 773 g/mol. The average Bonchev–Trinajstić information content (AvgIpc) is 3.86. The number of H-pyrrole nitrogens is 1. The van der Waals surface area contributed by atoms with E-state index in [0.717, 1.165) is 50.5 Å². The highest BCUT2D eigenvalue weighted by atomic mass is 35.5. The summed E-state index contributed by atoms with van der Waals surface area (Å²) < 4.78 is 22.3. The summed E-state index contributed by atoms with van der Waals surface area (Å²) in [5.74, 6) is 8.50. The van der Waals surface area contributed by atoms with Crippen molar-refractivity contribution in [2.75, 3.05) is 26.9 Å². The smallest absolute Gasteiger partial charge is 0.162 e. The maximum absolute atomic E-state index is 6.64. The number of nitrogens with zero attached hydrogens (tertiary/aromatic N) is 2. The van der Waals surface area contributed by atoms with Gasteiger partial charge in [-0.3, -0.25) is 0 Å². The van der Waals surface area contributed by atoms with Crippen LogP contribution in [0.3, 0.4) is 0 Å². The molecular weight excluding hydrogens is 729 g/mol. The van der Waals surface area contributed by atoms with E-state index < -0.39 is 0 Å². The fourth-order valence-electron chi connectivity index (χ4n) is 5.34. The number of hydrogen-bond acceptors (Lipinski definition) is 5. The second kappa shape index (κ2) is 20.9. The second-order valence-corrected chi connectivity index (χ2v) is 11.9. The van der Waals surface area contributed by atoms with Crippen LogP contribution in [0.1, 0.15) is 38.8 Å². The first-order valence-electron chi connectivity index (χ1n) is 17.7. The van der Waals surface area contributed by atoms with Crippen molar-refractivity contribution in [3.05, 3.63) is 131 Å². The van der Waals surface area contributed by atoms with Crippen LogP contribution in [-0.2, 0) is 0 Å². The molecule has 4 aromatic carbocycles. The molecule has 7 nitrogen and oxygen atoms in total. The molecule has 1 aromatic heterocycles. The maximum atomic E-state index is 6.64. The molecule has 1 aliphatic heterocycles. The Labute approximate surface area is 334 Å². The molecule has 0 atom stereocenters. The first-order chi connectivity index (χ1) is 26.9. The summed E-state index contributed by atoms with van der Waals surface area (Å²) >= 11 is 13.3. The van der Waals surface area contributed by atoms with Gasteiger partial charge in [-0.05, 0) is 83.9 Å². The molecule has 0 bridgehead atoms. The van der Waals surface area contributed by atoms with Gasteiger partial charge in [0.25, 0.3) is 0 Å². The summed E-state index contributed by atoms with van der Waals surface area (Å²) in [7, 11) is 1.63. The number of aromatic amines is 1. The number of aliphatic imine (C=N–C) groups is 2. The molecule has 0 aliphatic carbocycles. The topological polar surface area (TPSA) is 77.4 Å². The second-order valence-electron chi connectivity index (χ2n) is 11.1. The summed E-state index contributed by atoms with van der Waals surface area (Å²) in [5.41, 5.74) is 6.53. The Bertz CT molecular complexity index is 2210. The third-order valence-electron chi connectivity index (χ3n) is 7.78. The molecule has 5 aromatic rings. The fraction of sp³-hybridized carbons (Fsp3) is 0.174. The van der Waals surface area contributed by atoms with E-state index in [-0.39, 0.29) is 19.8 Å². The van der Waals surface area contributed by atoms with E-state index in [1.807, 2.05) is 113 Å². The molecule has 2 heterocycles. The van der Waals surface area contributed by atoms with Gasteiger partial charge in [-0.2, -0.15) is 0 Å². The molecule has 0 saturated carbocycles. The van der Waals surface area contributed by atoms with Crippen molar-refractivity contribution in [2.45, 2.75) is 27.7 Å². The van der Waals surface area contributed by atoms with Crippen LogP contribution >= 0.6 is 23.2 Å². The van der Waals surface area contributed by atoms with E-state index in [1.165, 1.54) is 0 Å². The van der Waals surface area contributed by atoms with E-state index in [2.05, 4.69) is 23.4 Å². The number of ether oxygens (including phenoxy) is 4. The Morgan fingerprint density at radius 1 is 0.727 bits per heavy atom. The highest BCUT2D eigenvalue weighted by Crippen LogP contribution is 2.41. The molecule has 1 N–H and O–H groups in total. The fourth-order valence-corrected chi connectivity index (χ4v) is 5.93. The number of aromatic nitrogens is 1. The third-order valence-corrected chi connectivity index (χ3v) is 8.34. The van der Waals surface area contributed by atoms with Crippen LogP contribution < -0.4 is 18.9 Å². The summed E-state index contributed by atoms with van der Waals surface area (Å²) in [6, 6.07) is 28.6. The molecule has 0 saturated heterocycles. The van der Waals surface area contributed by atoms with Crippen molar-refractivity contribution in [1.82, 2.24) is 4.98 Å². The Kier molecular flexibility index (Phi) is 15.9. The summed E-state index contributed by atoms with van der Waals surface area (Å²) in [4.78, 5) is 13.7. The molecule has 55 heavy (non-hydrogen) atoms. The Balaban J connectivity index is 0.00000163. The van der Waals surface area contributed by atoms with Gasteiger partial charge in [-0.15, -0.1) is 12.8 Å². The number of halogens is 2. The Morgan fingerprint density at radius 3 is 1.78 bits per heavy atom. The number of methoxy groups -OCH3 is 1. The summed E-state index contributed by atoms with van der Waals surface area (Å²) in [5, 5.41) is 0.727. The molecule has 0 spiro atoms. The first-order valence-corrected chi connectivity index (χ1v) is 18.5. The summed E-state index contributed by atoms with van der Waals surface area (Å²) in [6.45, 7) is 12.3. The van der Waals surface area contributed by atoms with Gasteiger partial charge in [-0.1, -0.05) is 99.7 Å². The lowest BCUT2D eigenvalue weighted by Crippen LogP contribution is -1.97. The van der Waals surface area contributed by atoms with E-state index >= 15 is 0 Å². The van der Waals surface area contributed by atoms with E-state index in [1.54, 1.807) is 25.3 Å². The quantitative estimate of drug-likeness (QED) is 0.0955. The SMILES string of the molecule is C#CCOc1ccc(C2=CC(c3ccc(OC)cc3)=N/C2=N\c2[nH]c(-c3cc(Cl)c(OCC=C)c(Cl)c3)cc2-c2ccc(OCC#C)cc2)cc1.CC.CC. The predicted molar refractivity (Wildman–Crippen MR) is 230 cm³/mol.